The van der Waals surface area contributed by atoms with Crippen molar-refractivity contribution in [1.29, 1.82) is 0 Å². The lowest BCUT2D eigenvalue weighted by Crippen LogP contribution is -2.35. The number of hydrogen-bond donors (Lipinski definition) is 0. The molecule has 112 valence electrons. The Morgan fingerprint density at radius 3 is 2.73 bits per heavy atom. The van der Waals surface area contributed by atoms with Crippen molar-refractivity contribution < 1.29 is 4.74 Å². The summed E-state index contributed by atoms with van der Waals surface area (Å²) in [6.45, 7) is 4.61. The first-order chi connectivity index (χ1) is 10.9. The minimum absolute atomic E-state index is 0.836. The molecule has 0 radical (unpaired) electrons. The second kappa shape index (κ2) is 6.16. The van der Waals surface area contributed by atoms with Crippen molar-refractivity contribution in [2.75, 3.05) is 26.3 Å². The Bertz CT molecular complexity index is 777. The summed E-state index contributed by atoms with van der Waals surface area (Å²) in [6, 6.07) is 15.0. The summed E-state index contributed by atoms with van der Waals surface area (Å²) < 4.78 is 5.39. The van der Waals surface area contributed by atoms with Crippen molar-refractivity contribution in [2.24, 2.45) is 0 Å². The lowest BCUT2D eigenvalue weighted by atomic mass is 10.1. The summed E-state index contributed by atoms with van der Waals surface area (Å²) in [5, 5.41) is 5.89. The molecule has 0 atom stereocenters. The number of thiazole rings is 1. The molecule has 2 aromatic carbocycles. The second-order valence-corrected chi connectivity index (χ2v) is 6.52. The van der Waals surface area contributed by atoms with E-state index in [1.54, 1.807) is 11.3 Å². The van der Waals surface area contributed by atoms with Gasteiger partial charge in [-0.1, -0.05) is 36.4 Å². The van der Waals surface area contributed by atoms with Crippen LogP contribution in [0.1, 0.15) is 5.01 Å². The number of fused-ring (bicyclic) bond motifs is 1. The number of aromatic nitrogens is 1. The molecule has 0 unspecified atom stereocenters. The van der Waals surface area contributed by atoms with Crippen molar-refractivity contribution in [1.82, 2.24) is 9.88 Å². The molecule has 0 saturated carbocycles. The summed E-state index contributed by atoms with van der Waals surface area (Å²) in [4.78, 5) is 7.23. The molecule has 1 fully saturated rings. The average Bonchev–Trinajstić information content (AvgIpc) is 3.04. The van der Waals surface area contributed by atoms with Crippen LogP contribution in [0.3, 0.4) is 0 Å². The molecule has 0 spiro atoms. The predicted octanol–water partition coefficient (Wildman–Crippen LogP) is 3.80. The zero-order valence-corrected chi connectivity index (χ0v) is 13.2. The van der Waals surface area contributed by atoms with Gasteiger partial charge in [0.2, 0.25) is 0 Å². The fraction of sp³-hybridized carbons (Fsp3) is 0.278. The van der Waals surface area contributed by atoms with E-state index in [9.17, 15) is 0 Å². The third-order valence-electron chi connectivity index (χ3n) is 4.06. The van der Waals surface area contributed by atoms with E-state index in [0.717, 1.165) is 38.5 Å². The van der Waals surface area contributed by atoms with Crippen LogP contribution in [0.4, 0.5) is 0 Å². The molecule has 0 aliphatic carbocycles. The van der Waals surface area contributed by atoms with Crippen LogP contribution in [0.15, 0.2) is 47.8 Å². The SMILES string of the molecule is c1ccc2cc(-c3csc(CN4CCOCC4)n3)ccc2c1. The van der Waals surface area contributed by atoms with Crippen molar-refractivity contribution in [2.45, 2.75) is 6.54 Å². The van der Waals surface area contributed by atoms with E-state index in [2.05, 4.69) is 52.7 Å². The molecule has 1 aliphatic rings. The molecule has 1 aliphatic heterocycles. The van der Waals surface area contributed by atoms with Crippen LogP contribution in [-0.2, 0) is 11.3 Å². The van der Waals surface area contributed by atoms with E-state index < -0.39 is 0 Å². The molecule has 2 heterocycles. The zero-order valence-electron chi connectivity index (χ0n) is 12.4. The van der Waals surface area contributed by atoms with Gasteiger partial charge in [-0.25, -0.2) is 4.98 Å². The summed E-state index contributed by atoms with van der Waals surface area (Å²) >= 11 is 1.75. The second-order valence-electron chi connectivity index (χ2n) is 5.58. The van der Waals surface area contributed by atoms with Gasteiger partial charge in [0, 0.05) is 24.0 Å². The van der Waals surface area contributed by atoms with E-state index in [-0.39, 0.29) is 0 Å². The van der Waals surface area contributed by atoms with Crippen LogP contribution in [0.5, 0.6) is 0 Å². The van der Waals surface area contributed by atoms with Crippen molar-refractivity contribution >= 4 is 22.1 Å². The van der Waals surface area contributed by atoms with Crippen LogP contribution in [0, 0.1) is 0 Å². The Balaban J connectivity index is 1.56. The van der Waals surface area contributed by atoms with Gasteiger partial charge in [-0.2, -0.15) is 0 Å². The number of benzene rings is 2. The monoisotopic (exact) mass is 310 g/mol. The lowest BCUT2D eigenvalue weighted by Gasteiger charge is -2.25. The first-order valence-corrected chi connectivity index (χ1v) is 8.50. The summed E-state index contributed by atoms with van der Waals surface area (Å²) in [6.07, 6.45) is 0. The molecule has 0 N–H and O–H groups in total. The van der Waals surface area contributed by atoms with E-state index in [0.29, 0.717) is 0 Å². The van der Waals surface area contributed by atoms with Crippen molar-refractivity contribution in [3.8, 4) is 11.3 Å². The fourth-order valence-corrected chi connectivity index (χ4v) is 3.66. The molecule has 22 heavy (non-hydrogen) atoms. The maximum Gasteiger partial charge on any atom is 0.107 e. The Labute approximate surface area is 134 Å². The molecule has 4 heteroatoms. The standard InChI is InChI=1S/C18H18N2OS/c1-2-4-15-11-16(6-5-14(15)3-1)17-13-22-18(19-17)12-20-7-9-21-10-8-20/h1-6,11,13H,7-10,12H2. The van der Waals surface area contributed by atoms with E-state index in [4.69, 9.17) is 9.72 Å². The van der Waals surface area contributed by atoms with Crippen molar-refractivity contribution in [3.05, 3.63) is 52.9 Å². The highest BCUT2D eigenvalue weighted by molar-refractivity contribution is 7.09. The van der Waals surface area contributed by atoms with Gasteiger partial charge in [0.05, 0.1) is 25.5 Å². The molecule has 1 saturated heterocycles. The van der Waals surface area contributed by atoms with E-state index in [1.807, 2.05) is 0 Å². The highest BCUT2D eigenvalue weighted by Gasteiger charge is 2.13. The van der Waals surface area contributed by atoms with Crippen molar-refractivity contribution in [3.63, 3.8) is 0 Å². The smallest absolute Gasteiger partial charge is 0.107 e. The minimum atomic E-state index is 0.836. The molecule has 4 rings (SSSR count). The van der Waals surface area contributed by atoms with Crippen LogP contribution in [0.2, 0.25) is 0 Å². The minimum Gasteiger partial charge on any atom is -0.379 e. The lowest BCUT2D eigenvalue weighted by molar-refractivity contribution is 0.0342. The predicted molar refractivity (Wildman–Crippen MR) is 91.2 cm³/mol. The number of ether oxygens (including phenoxy) is 1. The number of morpholine rings is 1. The Hall–Kier alpha value is -1.75. The van der Waals surface area contributed by atoms with Crippen LogP contribution in [-0.4, -0.2) is 36.2 Å². The number of rotatable bonds is 3. The normalized spacial score (nSPS) is 16.2. The van der Waals surface area contributed by atoms with Crippen LogP contribution < -0.4 is 0 Å². The summed E-state index contributed by atoms with van der Waals surface area (Å²) in [7, 11) is 0. The van der Waals surface area contributed by atoms with Gasteiger partial charge in [0.1, 0.15) is 5.01 Å². The Kier molecular flexibility index (Phi) is 3.89. The highest BCUT2D eigenvalue weighted by atomic mass is 32.1. The molecule has 1 aromatic heterocycles. The molecule has 0 amide bonds. The molecule has 3 aromatic rings. The first-order valence-electron chi connectivity index (χ1n) is 7.62. The van der Waals surface area contributed by atoms with Gasteiger partial charge in [-0.15, -0.1) is 11.3 Å². The largest absolute Gasteiger partial charge is 0.379 e. The summed E-state index contributed by atoms with van der Waals surface area (Å²) in [5.74, 6) is 0. The van der Waals surface area contributed by atoms with Gasteiger partial charge in [-0.05, 0) is 16.8 Å². The average molecular weight is 310 g/mol. The van der Waals surface area contributed by atoms with Gasteiger partial charge in [0.25, 0.3) is 0 Å². The van der Waals surface area contributed by atoms with Crippen LogP contribution in [0.25, 0.3) is 22.0 Å². The quantitative estimate of drug-likeness (QED) is 0.736. The molecular weight excluding hydrogens is 292 g/mol. The maximum absolute atomic E-state index is 5.39. The fourth-order valence-electron chi connectivity index (χ4n) is 2.82. The number of hydrogen-bond acceptors (Lipinski definition) is 4. The van der Waals surface area contributed by atoms with Gasteiger partial charge < -0.3 is 4.74 Å². The zero-order chi connectivity index (χ0) is 14.8. The first kappa shape index (κ1) is 13.9. The van der Waals surface area contributed by atoms with Gasteiger partial charge in [0.15, 0.2) is 0 Å². The summed E-state index contributed by atoms with van der Waals surface area (Å²) in [5.41, 5.74) is 2.28. The van der Waals surface area contributed by atoms with Crippen LogP contribution >= 0.6 is 11.3 Å². The molecular formula is C18H18N2OS. The van der Waals surface area contributed by atoms with Gasteiger partial charge in [-0.3, -0.25) is 4.90 Å². The third kappa shape index (κ3) is 2.90. The Morgan fingerprint density at radius 1 is 1.05 bits per heavy atom. The number of nitrogens with zero attached hydrogens (tertiary/aromatic N) is 2. The highest BCUT2D eigenvalue weighted by Crippen LogP contribution is 2.26. The van der Waals surface area contributed by atoms with Gasteiger partial charge >= 0.3 is 0 Å². The van der Waals surface area contributed by atoms with E-state index >= 15 is 0 Å². The Morgan fingerprint density at radius 2 is 1.86 bits per heavy atom. The molecule has 3 nitrogen and oxygen atoms in total. The maximum atomic E-state index is 5.39. The third-order valence-corrected chi connectivity index (χ3v) is 4.89. The molecule has 0 bridgehead atoms. The topological polar surface area (TPSA) is 25.4 Å². The van der Waals surface area contributed by atoms with E-state index in [1.165, 1.54) is 21.3 Å².